The second-order valence-corrected chi connectivity index (χ2v) is 8.24. The zero-order valence-corrected chi connectivity index (χ0v) is 15.5. The number of aliphatic carboxylic acids is 1. The molecule has 1 unspecified atom stereocenters. The summed E-state index contributed by atoms with van der Waals surface area (Å²) in [6.07, 6.45) is 1.60. The molecule has 1 fully saturated rings. The van der Waals surface area contributed by atoms with Crippen molar-refractivity contribution < 1.29 is 23.1 Å². The molecule has 0 radical (unpaired) electrons. The van der Waals surface area contributed by atoms with Crippen molar-refractivity contribution in [3.8, 4) is 0 Å². The first-order valence-electron chi connectivity index (χ1n) is 8.49. The topological polar surface area (TPSA) is 113 Å². The van der Waals surface area contributed by atoms with E-state index < -0.39 is 27.9 Å². The van der Waals surface area contributed by atoms with Crippen LogP contribution < -0.4 is 10.0 Å². The first-order valence-corrected chi connectivity index (χ1v) is 9.98. The third-order valence-electron chi connectivity index (χ3n) is 4.32. The minimum atomic E-state index is -3.71. The Morgan fingerprint density at radius 2 is 1.78 bits per heavy atom. The molecule has 0 bridgehead atoms. The number of aryl methyl sites for hydroxylation is 1. The van der Waals surface area contributed by atoms with Crippen LogP contribution in [0.3, 0.4) is 0 Å². The van der Waals surface area contributed by atoms with Gasteiger partial charge in [-0.2, -0.15) is 0 Å². The highest BCUT2D eigenvalue weighted by atomic mass is 32.2. The Morgan fingerprint density at radius 3 is 2.37 bits per heavy atom. The molecular formula is C19H20N2O5S. The average molecular weight is 388 g/mol. The van der Waals surface area contributed by atoms with E-state index in [1.807, 2.05) is 0 Å². The highest BCUT2D eigenvalue weighted by molar-refractivity contribution is 7.89. The van der Waals surface area contributed by atoms with E-state index >= 15 is 0 Å². The summed E-state index contributed by atoms with van der Waals surface area (Å²) in [6.45, 7) is 1.66. The molecule has 27 heavy (non-hydrogen) atoms. The third kappa shape index (κ3) is 4.53. The number of sulfonamides is 1. The number of carboxylic acid groups (broad SMARTS) is 1. The molecule has 3 rings (SSSR count). The Kier molecular flexibility index (Phi) is 5.29. The maximum atomic E-state index is 12.7. The molecule has 1 atom stereocenters. The number of hydrogen-bond acceptors (Lipinski definition) is 4. The van der Waals surface area contributed by atoms with Crippen molar-refractivity contribution >= 4 is 21.9 Å². The van der Waals surface area contributed by atoms with Gasteiger partial charge in [0.25, 0.3) is 5.91 Å². The number of nitrogens with one attached hydrogen (secondary N) is 2. The Balaban J connectivity index is 1.87. The number of carbonyl (C=O) groups is 2. The van der Waals surface area contributed by atoms with Crippen LogP contribution in [0.1, 0.15) is 40.4 Å². The van der Waals surface area contributed by atoms with Crippen molar-refractivity contribution in [2.75, 3.05) is 0 Å². The number of carboxylic acids is 1. The lowest BCUT2D eigenvalue weighted by atomic mass is 10.0. The van der Waals surface area contributed by atoms with Gasteiger partial charge in [0, 0.05) is 11.6 Å². The van der Waals surface area contributed by atoms with Gasteiger partial charge in [0.15, 0.2) is 6.04 Å². The Morgan fingerprint density at radius 1 is 1.11 bits per heavy atom. The largest absolute Gasteiger partial charge is 0.479 e. The van der Waals surface area contributed by atoms with Gasteiger partial charge in [-0.05, 0) is 43.0 Å². The van der Waals surface area contributed by atoms with Crippen LogP contribution in [0, 0.1) is 6.92 Å². The Labute approximate surface area is 157 Å². The molecule has 0 aliphatic heterocycles. The summed E-state index contributed by atoms with van der Waals surface area (Å²) in [5, 5.41) is 11.9. The summed E-state index contributed by atoms with van der Waals surface area (Å²) in [5.41, 5.74) is 1.10. The van der Waals surface area contributed by atoms with E-state index in [-0.39, 0.29) is 16.5 Å². The smallest absolute Gasteiger partial charge is 0.330 e. The van der Waals surface area contributed by atoms with E-state index in [9.17, 15) is 23.1 Å². The second kappa shape index (κ2) is 7.50. The van der Waals surface area contributed by atoms with Crippen molar-refractivity contribution in [1.29, 1.82) is 0 Å². The number of benzene rings is 2. The monoisotopic (exact) mass is 388 g/mol. The van der Waals surface area contributed by atoms with E-state index in [1.54, 1.807) is 37.3 Å². The van der Waals surface area contributed by atoms with E-state index in [0.29, 0.717) is 11.1 Å². The van der Waals surface area contributed by atoms with Crippen LogP contribution in [0.25, 0.3) is 0 Å². The van der Waals surface area contributed by atoms with Crippen LogP contribution in [0.5, 0.6) is 0 Å². The molecule has 8 heteroatoms. The maximum Gasteiger partial charge on any atom is 0.330 e. The lowest BCUT2D eigenvalue weighted by Gasteiger charge is -2.16. The first-order chi connectivity index (χ1) is 12.8. The number of rotatable bonds is 7. The van der Waals surface area contributed by atoms with E-state index in [4.69, 9.17) is 0 Å². The Hall–Kier alpha value is -2.71. The van der Waals surface area contributed by atoms with Gasteiger partial charge in [-0.1, -0.05) is 36.4 Å². The zero-order valence-electron chi connectivity index (χ0n) is 14.7. The lowest BCUT2D eigenvalue weighted by Crippen LogP contribution is -2.34. The predicted octanol–water partition coefficient (Wildman–Crippen LogP) is 1.99. The molecule has 0 saturated heterocycles. The average Bonchev–Trinajstić information content (AvgIpc) is 3.43. The van der Waals surface area contributed by atoms with Gasteiger partial charge in [0.1, 0.15) is 0 Å². The summed E-state index contributed by atoms with van der Waals surface area (Å²) >= 11 is 0. The van der Waals surface area contributed by atoms with Crippen LogP contribution in [0.2, 0.25) is 0 Å². The van der Waals surface area contributed by atoms with Crippen molar-refractivity contribution in [1.82, 2.24) is 10.0 Å². The Bertz CT molecular complexity index is 969. The van der Waals surface area contributed by atoms with E-state index in [2.05, 4.69) is 10.0 Å². The van der Waals surface area contributed by atoms with Gasteiger partial charge >= 0.3 is 5.97 Å². The summed E-state index contributed by atoms with van der Waals surface area (Å²) < 4.78 is 27.3. The maximum absolute atomic E-state index is 12.7. The van der Waals surface area contributed by atoms with Crippen LogP contribution in [-0.4, -0.2) is 31.4 Å². The molecule has 1 aliphatic rings. The highest BCUT2D eigenvalue weighted by Gasteiger charge is 2.29. The minimum Gasteiger partial charge on any atom is -0.479 e. The van der Waals surface area contributed by atoms with Crippen LogP contribution in [0.15, 0.2) is 53.4 Å². The highest BCUT2D eigenvalue weighted by Crippen LogP contribution is 2.23. The molecule has 1 saturated carbocycles. The summed E-state index contributed by atoms with van der Waals surface area (Å²) in [5.74, 6) is -1.85. The summed E-state index contributed by atoms with van der Waals surface area (Å²) in [4.78, 5) is 24.2. The van der Waals surface area contributed by atoms with Crippen molar-refractivity contribution in [2.45, 2.75) is 36.7 Å². The molecular weight excluding hydrogens is 368 g/mol. The van der Waals surface area contributed by atoms with E-state index in [1.165, 1.54) is 18.2 Å². The predicted molar refractivity (Wildman–Crippen MR) is 98.8 cm³/mol. The molecule has 2 aromatic rings. The van der Waals surface area contributed by atoms with Gasteiger partial charge < -0.3 is 10.4 Å². The fourth-order valence-electron chi connectivity index (χ4n) is 2.64. The van der Waals surface area contributed by atoms with E-state index in [0.717, 1.165) is 12.8 Å². The number of amides is 1. The fraction of sp³-hybridized carbons (Fsp3) is 0.263. The normalized spacial score (nSPS) is 15.1. The summed E-state index contributed by atoms with van der Waals surface area (Å²) in [7, 11) is -3.71. The fourth-order valence-corrected chi connectivity index (χ4v) is 3.97. The number of carbonyl (C=O) groups excluding carboxylic acids is 1. The van der Waals surface area contributed by atoms with Crippen molar-refractivity contribution in [3.63, 3.8) is 0 Å². The van der Waals surface area contributed by atoms with Gasteiger partial charge in [-0.3, -0.25) is 4.79 Å². The molecule has 3 N–H and O–H groups in total. The van der Waals surface area contributed by atoms with Crippen LogP contribution >= 0.6 is 0 Å². The standard InChI is InChI=1S/C19H20N2O5S/c1-12-7-10-15(27(25,26)21-14-8-9-14)11-16(12)18(22)20-17(19(23)24)13-5-3-2-4-6-13/h2-7,10-11,14,17,21H,8-9H2,1H3,(H,20,22)(H,23,24). The molecule has 1 amide bonds. The third-order valence-corrected chi connectivity index (χ3v) is 5.84. The molecule has 0 aromatic heterocycles. The quantitative estimate of drug-likeness (QED) is 0.671. The molecule has 7 nitrogen and oxygen atoms in total. The van der Waals surface area contributed by atoms with Crippen LogP contribution in [-0.2, 0) is 14.8 Å². The second-order valence-electron chi connectivity index (χ2n) is 6.53. The molecule has 0 heterocycles. The summed E-state index contributed by atoms with van der Waals surface area (Å²) in [6, 6.07) is 11.3. The zero-order chi connectivity index (χ0) is 19.6. The van der Waals surface area contributed by atoms with Crippen molar-refractivity contribution in [3.05, 3.63) is 65.2 Å². The molecule has 142 valence electrons. The van der Waals surface area contributed by atoms with Gasteiger partial charge in [0.2, 0.25) is 10.0 Å². The SMILES string of the molecule is Cc1ccc(S(=O)(=O)NC2CC2)cc1C(=O)NC(C(=O)O)c1ccccc1. The lowest BCUT2D eigenvalue weighted by molar-refractivity contribution is -0.139. The van der Waals surface area contributed by atoms with Crippen LogP contribution in [0.4, 0.5) is 0 Å². The van der Waals surface area contributed by atoms with Gasteiger partial charge in [-0.25, -0.2) is 17.9 Å². The molecule has 1 aliphatic carbocycles. The number of hydrogen-bond donors (Lipinski definition) is 3. The van der Waals surface area contributed by atoms with Gasteiger partial charge in [-0.15, -0.1) is 0 Å². The minimum absolute atomic E-state index is 0.0169. The first kappa shape index (κ1) is 19.1. The molecule has 0 spiro atoms. The van der Waals surface area contributed by atoms with Gasteiger partial charge in [0.05, 0.1) is 4.90 Å². The van der Waals surface area contributed by atoms with Crippen molar-refractivity contribution in [2.24, 2.45) is 0 Å². The molecule has 2 aromatic carbocycles.